The van der Waals surface area contributed by atoms with Crippen LogP contribution in [-0.4, -0.2) is 65.5 Å². The fraction of sp³-hybridized carbons (Fsp3) is 1.00. The lowest BCUT2D eigenvalue weighted by atomic mass is 10.4. The van der Waals surface area contributed by atoms with Crippen molar-refractivity contribution >= 4 is 0 Å². The molecule has 0 bridgehead atoms. The second-order valence-electron chi connectivity index (χ2n) is 2.07. The predicted octanol–water partition coefficient (Wildman–Crippen LogP) is -2.50. The minimum Gasteiger partial charge on any atom is -0.394 e. The molecule has 5 N–H and O–H groups in total. The zero-order valence-electron chi connectivity index (χ0n) is 9.69. The third-order valence-corrected chi connectivity index (χ3v) is 0.583. The largest absolute Gasteiger partial charge is 0.394 e. The summed E-state index contributed by atoms with van der Waals surface area (Å²) in [5.41, 5.74) is 0. The average Bonchev–Trinajstić information content (AvgIpc) is 2.23. The first kappa shape index (κ1) is 26.3. The zero-order valence-corrected chi connectivity index (χ0v) is 9.69. The molecule has 0 aliphatic rings. The summed E-state index contributed by atoms with van der Waals surface area (Å²) in [5.74, 6) is 0. The van der Waals surface area contributed by atoms with Crippen molar-refractivity contribution < 1.29 is 51.0 Å². The Kier molecular flexibility index (Phi) is 23.9. The third-order valence-electron chi connectivity index (χ3n) is 0.583. The molecule has 0 radical (unpaired) electrons. The number of rotatable bonds is 4. The first-order valence-corrected chi connectivity index (χ1v) is 3.92. The molecule has 1 unspecified atom stereocenters. The van der Waals surface area contributed by atoms with Crippen molar-refractivity contribution in [3.63, 3.8) is 0 Å². The second kappa shape index (κ2) is 19.1. The summed E-state index contributed by atoms with van der Waals surface area (Å²) in [6, 6.07) is 0. The van der Waals surface area contributed by atoms with Gasteiger partial charge in [-0.2, -0.15) is 0 Å². The summed E-state index contributed by atoms with van der Waals surface area (Å²) in [6.45, 7) is -1.02. The van der Waals surface area contributed by atoms with Crippen molar-refractivity contribution in [1.29, 1.82) is 0 Å². The molecule has 0 saturated heterocycles. The fourth-order valence-electron chi connectivity index (χ4n) is 0.200. The van der Waals surface area contributed by atoms with Crippen LogP contribution in [0.2, 0.25) is 0 Å². The number of nitrogens with zero attached hydrogens (tertiary/aromatic N) is 4. The van der Waals surface area contributed by atoms with Gasteiger partial charge in [-0.05, 0) is 0 Å². The summed E-state index contributed by atoms with van der Waals surface area (Å²) in [4.78, 5) is 38.2. The molecule has 21 heavy (non-hydrogen) atoms. The number of aliphatic hydroxyl groups excluding tert-OH is 2. The van der Waals surface area contributed by atoms with E-state index in [2.05, 4.69) is 4.84 Å². The van der Waals surface area contributed by atoms with Crippen LogP contribution in [0, 0.1) is 40.5 Å². The molecule has 0 amide bonds. The molecule has 0 saturated carbocycles. The molecular weight excluding hydrogens is 316 g/mol. The van der Waals surface area contributed by atoms with E-state index in [1.165, 1.54) is 0 Å². The van der Waals surface area contributed by atoms with Gasteiger partial charge in [-0.3, -0.25) is 0 Å². The van der Waals surface area contributed by atoms with E-state index in [1.807, 2.05) is 0 Å². The van der Waals surface area contributed by atoms with Gasteiger partial charge in [-0.15, -0.1) is 40.5 Å². The van der Waals surface area contributed by atoms with Crippen LogP contribution in [0.5, 0.6) is 0 Å². The summed E-state index contributed by atoms with van der Waals surface area (Å²) >= 11 is 0. The molecule has 0 heterocycles. The molecule has 126 valence electrons. The van der Waals surface area contributed by atoms with E-state index in [9.17, 15) is 10.1 Å². The Morgan fingerprint density at radius 3 is 1.24 bits per heavy atom. The molecule has 0 aromatic rings. The topological polar surface area (TPSA) is 283 Å². The van der Waals surface area contributed by atoms with E-state index < -0.39 is 39.7 Å². The normalized spacial score (nSPS) is 8.86. The molecule has 1 atom stereocenters. The quantitative estimate of drug-likeness (QED) is 0.263. The summed E-state index contributed by atoms with van der Waals surface area (Å²) in [7, 11) is 0. The summed E-state index contributed by atoms with van der Waals surface area (Å²) in [5, 5.41) is 65.8. The van der Waals surface area contributed by atoms with Gasteiger partial charge >= 0.3 is 0 Å². The van der Waals surface area contributed by atoms with Gasteiger partial charge in [0.2, 0.25) is 0 Å². The zero-order chi connectivity index (χ0) is 18.0. The Morgan fingerprint density at radius 2 is 1.10 bits per heavy atom. The van der Waals surface area contributed by atoms with Crippen LogP contribution in [0.4, 0.5) is 0 Å². The van der Waals surface area contributed by atoms with Gasteiger partial charge in [0.15, 0.2) is 0 Å². The summed E-state index contributed by atoms with van der Waals surface area (Å²) < 4.78 is 0. The molecule has 0 aromatic heterocycles. The number of aliphatic hydroxyl groups is 2. The predicted molar refractivity (Wildman–Crippen MR) is 52.4 cm³/mol. The van der Waals surface area contributed by atoms with Gasteiger partial charge in [0, 0.05) is 0 Å². The molecule has 0 aromatic carbocycles. The third kappa shape index (κ3) is 262. The number of hydrogen-bond donors (Lipinski definition) is 5. The van der Waals surface area contributed by atoms with Crippen LogP contribution in [0.3, 0.4) is 0 Å². The summed E-state index contributed by atoms with van der Waals surface area (Å²) in [6.07, 6.45) is -1.17. The van der Waals surface area contributed by atoms with Crippen LogP contribution >= 0.6 is 0 Å². The lowest BCUT2D eigenvalue weighted by Crippen LogP contribution is -2.21. The molecule has 18 heteroatoms. The van der Waals surface area contributed by atoms with Gasteiger partial charge in [0.1, 0.15) is 12.7 Å². The van der Waals surface area contributed by atoms with Gasteiger partial charge in [0.25, 0.3) is 20.3 Å². The minimum absolute atomic E-state index is 0.483. The van der Waals surface area contributed by atoms with Crippen molar-refractivity contribution in [3.8, 4) is 0 Å². The molecule has 18 nitrogen and oxygen atoms in total. The highest BCUT2D eigenvalue weighted by molar-refractivity contribution is 4.45. The van der Waals surface area contributed by atoms with Gasteiger partial charge in [0.05, 0.1) is 6.61 Å². The van der Waals surface area contributed by atoms with E-state index in [0.717, 1.165) is 0 Å². The molecular formula is C3H10N4O14. The van der Waals surface area contributed by atoms with Gasteiger partial charge in [-0.1, -0.05) is 0 Å². The maximum Gasteiger partial charge on any atom is 0.294 e. The Hall–Kier alpha value is -3.28. The van der Waals surface area contributed by atoms with Crippen LogP contribution in [-0.2, 0) is 4.84 Å². The molecule has 0 aliphatic carbocycles. The van der Waals surface area contributed by atoms with Gasteiger partial charge < -0.3 is 30.7 Å². The van der Waals surface area contributed by atoms with E-state index in [0.29, 0.717) is 0 Å². The first-order valence-electron chi connectivity index (χ1n) is 3.92. The van der Waals surface area contributed by atoms with Crippen molar-refractivity contribution in [3.05, 3.63) is 40.5 Å². The Balaban J connectivity index is -0.000000102. The molecule has 0 spiro atoms. The maximum atomic E-state index is 9.41. The molecule has 0 rings (SSSR count). The van der Waals surface area contributed by atoms with E-state index in [4.69, 9.17) is 56.2 Å². The number of hydrogen-bond acceptors (Lipinski definition) is 11. The Labute approximate surface area is 112 Å². The highest BCUT2D eigenvalue weighted by Crippen LogP contribution is 1.82. The SMILES string of the molecule is O=[N+]([O-])O.O=[N+]([O-])O.O=[N+]([O-])O.O=[N+]([O-])OCC(O)CO. The van der Waals surface area contributed by atoms with Crippen molar-refractivity contribution in [2.75, 3.05) is 13.2 Å². The highest BCUT2D eigenvalue weighted by Gasteiger charge is 2.03. The Bertz CT molecular complexity index is 264. The highest BCUT2D eigenvalue weighted by atomic mass is 17.0. The lowest BCUT2D eigenvalue weighted by Gasteiger charge is -2.02. The fourth-order valence-corrected chi connectivity index (χ4v) is 0.200. The van der Waals surface area contributed by atoms with Gasteiger partial charge in [-0.25, -0.2) is 0 Å². The maximum absolute atomic E-state index is 9.41. The lowest BCUT2D eigenvalue weighted by molar-refractivity contribution is -0.759. The van der Waals surface area contributed by atoms with Crippen LogP contribution in [0.15, 0.2) is 0 Å². The van der Waals surface area contributed by atoms with Crippen LogP contribution < -0.4 is 0 Å². The van der Waals surface area contributed by atoms with E-state index in [-0.39, 0.29) is 0 Å². The smallest absolute Gasteiger partial charge is 0.294 e. The van der Waals surface area contributed by atoms with Crippen LogP contribution in [0.25, 0.3) is 0 Å². The van der Waals surface area contributed by atoms with Crippen molar-refractivity contribution in [2.24, 2.45) is 0 Å². The monoisotopic (exact) mass is 326 g/mol. The van der Waals surface area contributed by atoms with Crippen molar-refractivity contribution in [2.45, 2.75) is 6.10 Å². The van der Waals surface area contributed by atoms with Crippen molar-refractivity contribution in [1.82, 2.24) is 0 Å². The van der Waals surface area contributed by atoms with E-state index >= 15 is 0 Å². The van der Waals surface area contributed by atoms with E-state index in [1.54, 1.807) is 0 Å². The average molecular weight is 326 g/mol. The second-order valence-corrected chi connectivity index (χ2v) is 2.07. The molecule has 0 fully saturated rings. The minimum atomic E-state index is -1.50. The first-order chi connectivity index (χ1) is 9.36. The molecule has 0 aliphatic heterocycles. The Morgan fingerprint density at radius 1 is 0.857 bits per heavy atom. The standard InChI is InChI=1S/C3H7NO5.3HNO3/c5-1-3(6)2-9-4(7)8;3*2-1(3)4/h3,5-6H,1-2H2;3*(H,2,3,4). The van der Waals surface area contributed by atoms with Crippen LogP contribution in [0.1, 0.15) is 0 Å².